The Kier molecular flexibility index (Phi) is 6.75. The van der Waals surface area contributed by atoms with Crippen LogP contribution in [0.4, 0.5) is 11.1 Å². The lowest BCUT2D eigenvalue weighted by atomic mass is 10.1. The van der Waals surface area contributed by atoms with Crippen LogP contribution in [0.5, 0.6) is 5.75 Å². The Labute approximate surface area is 186 Å². The largest absolute Gasteiger partial charge is 0.489 e. The van der Waals surface area contributed by atoms with Crippen molar-refractivity contribution in [2.24, 2.45) is 0 Å². The van der Waals surface area contributed by atoms with E-state index in [-0.39, 0.29) is 6.10 Å². The van der Waals surface area contributed by atoms with E-state index in [2.05, 4.69) is 45.6 Å². The standard InChI is InChI=1S/C23H25N5O2S/c1-3-15(2)20-14-31-23(27-20)28-22-25-9-6-19(26-22)16-4-5-21(17(12-16)13-24)30-18-7-10-29-11-8-18/h4-6,9,12,14-15,18H,3,7-8,10-11H2,1-2H3,(H,25,26,27,28). The van der Waals surface area contributed by atoms with E-state index in [9.17, 15) is 5.26 Å². The van der Waals surface area contributed by atoms with Crippen LogP contribution in [-0.4, -0.2) is 34.3 Å². The Morgan fingerprint density at radius 2 is 2.13 bits per heavy atom. The number of rotatable bonds is 7. The molecule has 8 heteroatoms. The molecule has 3 heterocycles. The third kappa shape index (κ3) is 5.19. The molecule has 1 aliphatic heterocycles. The number of thiazole rings is 1. The van der Waals surface area contributed by atoms with Crippen LogP contribution in [-0.2, 0) is 4.74 Å². The summed E-state index contributed by atoms with van der Waals surface area (Å²) in [5, 5.41) is 15.7. The number of hydrogen-bond acceptors (Lipinski definition) is 8. The second kappa shape index (κ2) is 9.86. The molecule has 3 aromatic rings. The summed E-state index contributed by atoms with van der Waals surface area (Å²) in [4.78, 5) is 13.6. The molecule has 0 bridgehead atoms. The van der Waals surface area contributed by atoms with Gasteiger partial charge in [0, 0.05) is 30.0 Å². The highest BCUT2D eigenvalue weighted by atomic mass is 32.1. The summed E-state index contributed by atoms with van der Waals surface area (Å²) in [7, 11) is 0. The third-order valence-corrected chi connectivity index (χ3v) is 6.15. The lowest BCUT2D eigenvalue weighted by Crippen LogP contribution is -2.26. The highest BCUT2D eigenvalue weighted by Gasteiger charge is 2.18. The first kappa shape index (κ1) is 21.2. The van der Waals surface area contributed by atoms with Gasteiger partial charge in [-0.1, -0.05) is 13.8 Å². The first-order chi connectivity index (χ1) is 15.2. The number of aromatic nitrogens is 3. The third-order valence-electron chi connectivity index (χ3n) is 5.37. The van der Waals surface area contributed by atoms with Gasteiger partial charge in [0.25, 0.3) is 0 Å². The van der Waals surface area contributed by atoms with Crippen LogP contribution in [0.1, 0.15) is 50.3 Å². The number of ether oxygens (including phenoxy) is 2. The number of anilines is 2. The fraction of sp³-hybridized carbons (Fsp3) is 0.391. The van der Waals surface area contributed by atoms with Crippen molar-refractivity contribution in [3.05, 3.63) is 47.1 Å². The zero-order chi connectivity index (χ0) is 21.6. The molecule has 0 radical (unpaired) electrons. The van der Waals surface area contributed by atoms with E-state index >= 15 is 0 Å². The molecule has 7 nitrogen and oxygen atoms in total. The zero-order valence-electron chi connectivity index (χ0n) is 17.7. The topological polar surface area (TPSA) is 93.0 Å². The van der Waals surface area contributed by atoms with Crippen LogP contribution < -0.4 is 10.1 Å². The van der Waals surface area contributed by atoms with Gasteiger partial charge in [-0.25, -0.2) is 15.0 Å². The van der Waals surface area contributed by atoms with Crippen LogP contribution in [0.25, 0.3) is 11.3 Å². The molecule has 160 valence electrons. The maximum absolute atomic E-state index is 9.63. The number of hydrogen-bond donors (Lipinski definition) is 1. The van der Waals surface area contributed by atoms with Crippen LogP contribution in [0.15, 0.2) is 35.8 Å². The van der Waals surface area contributed by atoms with Gasteiger partial charge in [-0.15, -0.1) is 11.3 Å². The average Bonchev–Trinajstić information content (AvgIpc) is 3.28. The molecule has 1 N–H and O–H groups in total. The lowest BCUT2D eigenvalue weighted by molar-refractivity contribution is 0.0254. The molecule has 1 aliphatic rings. The van der Waals surface area contributed by atoms with Crippen molar-refractivity contribution in [3.63, 3.8) is 0 Å². The minimum atomic E-state index is 0.0835. The van der Waals surface area contributed by atoms with Crippen molar-refractivity contribution in [2.45, 2.75) is 45.1 Å². The van der Waals surface area contributed by atoms with Crippen LogP contribution in [0, 0.1) is 11.3 Å². The highest BCUT2D eigenvalue weighted by molar-refractivity contribution is 7.13. The minimum absolute atomic E-state index is 0.0835. The number of nitriles is 1. The molecule has 0 amide bonds. The van der Waals surface area contributed by atoms with Crippen molar-refractivity contribution in [2.75, 3.05) is 18.5 Å². The second-order valence-corrected chi connectivity index (χ2v) is 8.39. The molecule has 1 atom stereocenters. The first-order valence-electron chi connectivity index (χ1n) is 10.5. The summed E-state index contributed by atoms with van der Waals surface area (Å²) in [6.07, 6.45) is 4.50. The Morgan fingerprint density at radius 3 is 2.90 bits per heavy atom. The second-order valence-electron chi connectivity index (χ2n) is 7.53. The summed E-state index contributed by atoms with van der Waals surface area (Å²) in [6.45, 7) is 5.70. The van der Waals surface area contributed by atoms with Gasteiger partial charge in [-0.05, 0) is 36.6 Å². The fourth-order valence-corrected chi connectivity index (χ4v) is 4.13. The first-order valence-corrected chi connectivity index (χ1v) is 11.4. The summed E-state index contributed by atoms with van der Waals surface area (Å²) < 4.78 is 11.4. The number of benzene rings is 1. The Morgan fingerprint density at radius 1 is 1.29 bits per heavy atom. The van der Waals surface area contributed by atoms with Crippen molar-refractivity contribution in [3.8, 4) is 23.1 Å². The maximum atomic E-state index is 9.63. The molecule has 1 fully saturated rings. The highest BCUT2D eigenvalue weighted by Crippen LogP contribution is 2.29. The molecular formula is C23H25N5O2S. The van der Waals surface area contributed by atoms with Gasteiger partial charge in [0.15, 0.2) is 5.13 Å². The van der Waals surface area contributed by atoms with Gasteiger partial charge in [-0.3, -0.25) is 0 Å². The SMILES string of the molecule is CCC(C)c1csc(Nc2nccc(-c3ccc(OC4CCOCC4)c(C#N)c3)n2)n1. The molecule has 1 unspecified atom stereocenters. The van der Waals surface area contributed by atoms with Crippen molar-refractivity contribution >= 4 is 22.4 Å². The molecule has 0 saturated carbocycles. The smallest absolute Gasteiger partial charge is 0.229 e. The monoisotopic (exact) mass is 435 g/mol. The van der Waals surface area contributed by atoms with E-state index in [1.807, 2.05) is 24.3 Å². The van der Waals surface area contributed by atoms with Gasteiger partial charge < -0.3 is 14.8 Å². The zero-order valence-corrected chi connectivity index (χ0v) is 18.5. The molecule has 0 aliphatic carbocycles. The molecule has 31 heavy (non-hydrogen) atoms. The molecule has 2 aromatic heterocycles. The average molecular weight is 436 g/mol. The van der Waals surface area contributed by atoms with Crippen LogP contribution in [0.2, 0.25) is 0 Å². The summed E-state index contributed by atoms with van der Waals surface area (Å²) in [5.41, 5.74) is 3.13. The Bertz CT molecular complexity index is 1070. The molecule has 1 aromatic carbocycles. The quantitative estimate of drug-likeness (QED) is 0.539. The van der Waals surface area contributed by atoms with Crippen molar-refractivity contribution < 1.29 is 9.47 Å². The van der Waals surface area contributed by atoms with E-state index in [0.29, 0.717) is 36.4 Å². The van der Waals surface area contributed by atoms with Gasteiger partial charge in [0.2, 0.25) is 5.95 Å². The number of nitrogens with one attached hydrogen (secondary N) is 1. The molecule has 0 spiro atoms. The van der Waals surface area contributed by atoms with Gasteiger partial charge in [0.1, 0.15) is 17.9 Å². The lowest BCUT2D eigenvalue weighted by Gasteiger charge is -2.23. The fourth-order valence-electron chi connectivity index (χ4n) is 3.31. The predicted octanol–water partition coefficient (Wildman–Crippen LogP) is 5.29. The predicted molar refractivity (Wildman–Crippen MR) is 121 cm³/mol. The Balaban J connectivity index is 1.51. The Hall–Kier alpha value is -3.02. The van der Waals surface area contributed by atoms with Gasteiger partial charge in [0.05, 0.1) is 30.2 Å². The summed E-state index contributed by atoms with van der Waals surface area (Å²) in [6, 6.07) is 9.65. The van der Waals surface area contributed by atoms with Crippen LogP contribution in [0.3, 0.4) is 0 Å². The number of nitrogens with zero attached hydrogens (tertiary/aromatic N) is 4. The van der Waals surface area contributed by atoms with E-state index in [1.54, 1.807) is 17.5 Å². The van der Waals surface area contributed by atoms with Gasteiger partial charge >= 0.3 is 0 Å². The normalized spacial score (nSPS) is 15.3. The van der Waals surface area contributed by atoms with Crippen molar-refractivity contribution in [1.29, 1.82) is 5.26 Å². The summed E-state index contributed by atoms with van der Waals surface area (Å²) in [5.74, 6) is 1.50. The molecule has 4 rings (SSSR count). The van der Waals surface area contributed by atoms with Crippen molar-refractivity contribution in [1.82, 2.24) is 15.0 Å². The van der Waals surface area contributed by atoms with Gasteiger partial charge in [-0.2, -0.15) is 5.26 Å². The minimum Gasteiger partial charge on any atom is -0.489 e. The summed E-state index contributed by atoms with van der Waals surface area (Å²) >= 11 is 1.54. The molecular weight excluding hydrogens is 410 g/mol. The maximum Gasteiger partial charge on any atom is 0.229 e. The van der Waals surface area contributed by atoms with E-state index < -0.39 is 0 Å². The van der Waals surface area contributed by atoms with E-state index in [0.717, 1.165) is 41.3 Å². The van der Waals surface area contributed by atoms with Crippen LogP contribution >= 0.6 is 11.3 Å². The van der Waals surface area contributed by atoms with E-state index in [1.165, 1.54) is 0 Å². The van der Waals surface area contributed by atoms with E-state index in [4.69, 9.17) is 9.47 Å². The molecule has 1 saturated heterocycles.